The largest absolute Gasteiger partial charge is 0.465 e. The zero-order chi connectivity index (χ0) is 23.8. The van der Waals surface area contributed by atoms with Crippen LogP contribution in [0.25, 0.3) is 10.9 Å². The summed E-state index contributed by atoms with van der Waals surface area (Å²) < 4.78 is 34.9. The maximum atomic E-state index is 13.2. The van der Waals surface area contributed by atoms with E-state index in [0.29, 0.717) is 25.9 Å². The van der Waals surface area contributed by atoms with Gasteiger partial charge in [-0.15, -0.1) is 0 Å². The number of sulfonamides is 1. The molecular formula is C23H25N3O6S. The molecule has 0 N–H and O–H groups in total. The van der Waals surface area contributed by atoms with E-state index in [1.165, 1.54) is 28.6 Å². The molecule has 0 amide bonds. The van der Waals surface area contributed by atoms with Crippen molar-refractivity contribution < 1.29 is 22.9 Å². The van der Waals surface area contributed by atoms with Crippen LogP contribution in [0.5, 0.6) is 0 Å². The molecule has 0 radical (unpaired) electrons. The fourth-order valence-corrected chi connectivity index (χ4v) is 5.90. The van der Waals surface area contributed by atoms with Crippen molar-refractivity contribution in [1.29, 1.82) is 0 Å². The lowest BCUT2D eigenvalue weighted by atomic mass is 9.91. The minimum Gasteiger partial charge on any atom is -0.465 e. The van der Waals surface area contributed by atoms with Gasteiger partial charge in [-0.25, -0.2) is 8.42 Å². The second kappa shape index (κ2) is 8.95. The van der Waals surface area contributed by atoms with Crippen molar-refractivity contribution in [1.82, 2.24) is 8.87 Å². The van der Waals surface area contributed by atoms with Crippen molar-refractivity contribution >= 4 is 32.6 Å². The number of aromatic nitrogens is 1. The Hall–Kier alpha value is -3.24. The monoisotopic (exact) mass is 471 g/mol. The molecule has 2 aromatic carbocycles. The molecule has 3 aromatic rings. The fourth-order valence-electron chi connectivity index (χ4n) is 4.51. The van der Waals surface area contributed by atoms with Gasteiger partial charge in [0, 0.05) is 41.8 Å². The Morgan fingerprint density at radius 2 is 1.91 bits per heavy atom. The average molecular weight is 472 g/mol. The van der Waals surface area contributed by atoms with Gasteiger partial charge in [-0.05, 0) is 49.9 Å². The van der Waals surface area contributed by atoms with Gasteiger partial charge >= 0.3 is 5.97 Å². The van der Waals surface area contributed by atoms with Crippen LogP contribution in [0.1, 0.15) is 24.6 Å². The Kier molecular flexibility index (Phi) is 6.22. The number of likely N-dealkylation sites (N-methyl/N-ethyl adjacent to an activating group) is 1. The summed E-state index contributed by atoms with van der Waals surface area (Å²) in [7, 11) is -2.28. The molecule has 0 bridgehead atoms. The average Bonchev–Trinajstić information content (AvgIpc) is 3.11. The third kappa shape index (κ3) is 4.23. The second-order valence-corrected chi connectivity index (χ2v) is 10.00. The molecule has 33 heavy (non-hydrogen) atoms. The maximum absolute atomic E-state index is 13.2. The van der Waals surface area contributed by atoms with Crippen LogP contribution in [0.15, 0.2) is 53.4 Å². The Balaban J connectivity index is 1.64. The van der Waals surface area contributed by atoms with E-state index in [0.717, 1.165) is 22.2 Å². The molecule has 0 saturated heterocycles. The predicted octanol–water partition coefficient (Wildman–Crippen LogP) is 3.29. The van der Waals surface area contributed by atoms with Crippen molar-refractivity contribution in [3.05, 3.63) is 69.9 Å². The highest BCUT2D eigenvalue weighted by atomic mass is 32.2. The fraction of sp³-hybridized carbons (Fsp3) is 0.348. The number of nitrogens with zero attached hydrogens (tertiary/aromatic N) is 3. The number of fused-ring (bicyclic) bond motifs is 3. The normalized spacial score (nSPS) is 16.0. The molecule has 0 saturated carbocycles. The number of para-hydroxylation sites is 1. The van der Waals surface area contributed by atoms with Gasteiger partial charge < -0.3 is 9.30 Å². The summed E-state index contributed by atoms with van der Waals surface area (Å²) in [4.78, 5) is 22.5. The Morgan fingerprint density at radius 1 is 1.21 bits per heavy atom. The minimum atomic E-state index is -3.83. The standard InChI is InChI=1S/C23H25N3O6S/c1-3-32-23(27)15-25-21-7-5-4-6-19(21)20-14-17(10-13-22(20)25)24(2)33(30,31)18-11-8-16(9-12-18)26(28)29/h4-9,11-12,17H,3,10,13-15H2,1-2H3. The highest BCUT2D eigenvalue weighted by Gasteiger charge is 2.33. The van der Waals surface area contributed by atoms with E-state index in [9.17, 15) is 23.3 Å². The molecule has 1 aliphatic rings. The molecule has 1 aromatic heterocycles. The van der Waals surface area contributed by atoms with Crippen LogP contribution >= 0.6 is 0 Å². The van der Waals surface area contributed by atoms with Gasteiger partial charge in [-0.2, -0.15) is 4.31 Å². The first-order valence-corrected chi connectivity index (χ1v) is 12.1. The lowest BCUT2D eigenvalue weighted by molar-refractivity contribution is -0.384. The highest BCUT2D eigenvalue weighted by Crippen LogP contribution is 2.35. The number of carbonyl (C=O) groups excluding carboxylic acids is 1. The summed E-state index contributed by atoms with van der Waals surface area (Å²) in [5, 5.41) is 11.9. The smallest absolute Gasteiger partial charge is 0.325 e. The van der Waals surface area contributed by atoms with E-state index in [-0.39, 0.29) is 29.1 Å². The second-order valence-electron chi connectivity index (χ2n) is 8.00. The molecule has 1 heterocycles. The van der Waals surface area contributed by atoms with E-state index >= 15 is 0 Å². The highest BCUT2D eigenvalue weighted by molar-refractivity contribution is 7.89. The summed E-state index contributed by atoms with van der Waals surface area (Å²) in [6.45, 7) is 2.20. The maximum Gasteiger partial charge on any atom is 0.325 e. The number of carbonyl (C=O) groups is 1. The number of nitro groups is 1. The number of nitro benzene ring substituents is 1. The summed E-state index contributed by atoms with van der Waals surface area (Å²) in [6, 6.07) is 12.4. The molecule has 1 unspecified atom stereocenters. The summed E-state index contributed by atoms with van der Waals surface area (Å²) in [6.07, 6.45) is 1.72. The van der Waals surface area contributed by atoms with Gasteiger partial charge in [0.05, 0.1) is 16.4 Å². The predicted molar refractivity (Wildman–Crippen MR) is 122 cm³/mol. The molecule has 174 valence electrons. The SMILES string of the molecule is CCOC(=O)Cn1c2c(c3ccccc31)CC(N(C)S(=O)(=O)c1ccc([N+](=O)[O-])cc1)CC2. The van der Waals surface area contributed by atoms with Gasteiger partial charge in [-0.3, -0.25) is 14.9 Å². The van der Waals surface area contributed by atoms with Crippen LogP contribution in [0, 0.1) is 10.1 Å². The zero-order valence-electron chi connectivity index (χ0n) is 18.4. The molecule has 0 aliphatic heterocycles. The number of hydrogen-bond donors (Lipinski definition) is 0. The van der Waals surface area contributed by atoms with Crippen molar-refractivity contribution in [2.24, 2.45) is 0 Å². The Bertz CT molecular complexity index is 1310. The van der Waals surface area contributed by atoms with Crippen molar-refractivity contribution in [3.63, 3.8) is 0 Å². The first-order valence-electron chi connectivity index (χ1n) is 10.7. The lowest BCUT2D eigenvalue weighted by Crippen LogP contribution is -2.40. The van der Waals surface area contributed by atoms with Crippen molar-refractivity contribution in [3.8, 4) is 0 Å². The van der Waals surface area contributed by atoms with Crippen LogP contribution in [0.3, 0.4) is 0 Å². The van der Waals surface area contributed by atoms with E-state index in [1.807, 2.05) is 28.8 Å². The topological polar surface area (TPSA) is 112 Å². The third-order valence-corrected chi connectivity index (χ3v) is 8.10. The molecule has 0 spiro atoms. The van der Waals surface area contributed by atoms with E-state index in [4.69, 9.17) is 4.74 Å². The molecule has 1 aliphatic carbocycles. The number of rotatable bonds is 7. The number of benzene rings is 2. The van der Waals surface area contributed by atoms with Gasteiger partial charge in [0.15, 0.2) is 0 Å². The number of esters is 1. The molecule has 10 heteroatoms. The van der Waals surface area contributed by atoms with E-state index in [1.54, 1.807) is 14.0 Å². The van der Waals surface area contributed by atoms with Gasteiger partial charge in [0.1, 0.15) is 6.54 Å². The van der Waals surface area contributed by atoms with Crippen LogP contribution in [-0.2, 0) is 38.9 Å². The van der Waals surface area contributed by atoms with E-state index < -0.39 is 14.9 Å². The minimum absolute atomic E-state index is 0.0196. The third-order valence-electron chi connectivity index (χ3n) is 6.18. The first-order chi connectivity index (χ1) is 15.7. The first kappa shape index (κ1) is 22.9. The number of ether oxygens (including phenoxy) is 1. The summed E-state index contributed by atoms with van der Waals surface area (Å²) in [5.41, 5.74) is 2.84. The molecule has 9 nitrogen and oxygen atoms in total. The Morgan fingerprint density at radius 3 is 2.58 bits per heavy atom. The zero-order valence-corrected chi connectivity index (χ0v) is 19.2. The van der Waals surface area contributed by atoms with Crippen molar-refractivity contribution in [2.75, 3.05) is 13.7 Å². The quantitative estimate of drug-likeness (QED) is 0.297. The van der Waals surface area contributed by atoms with Crippen LogP contribution in [0.2, 0.25) is 0 Å². The van der Waals surface area contributed by atoms with Crippen molar-refractivity contribution in [2.45, 2.75) is 43.7 Å². The molecule has 4 rings (SSSR count). The lowest BCUT2D eigenvalue weighted by Gasteiger charge is -2.31. The molecule has 0 fully saturated rings. The molecule has 1 atom stereocenters. The summed E-state index contributed by atoms with van der Waals surface area (Å²) >= 11 is 0. The number of non-ortho nitro benzene ring substituents is 1. The number of hydrogen-bond acceptors (Lipinski definition) is 6. The van der Waals surface area contributed by atoms with Crippen LogP contribution in [-0.4, -0.2) is 47.9 Å². The Labute approximate surface area is 191 Å². The van der Waals surface area contributed by atoms with Crippen LogP contribution in [0.4, 0.5) is 5.69 Å². The summed E-state index contributed by atoms with van der Waals surface area (Å²) in [5.74, 6) is -0.305. The van der Waals surface area contributed by atoms with Gasteiger partial charge in [0.2, 0.25) is 10.0 Å². The molecular weight excluding hydrogens is 446 g/mol. The van der Waals surface area contributed by atoms with Gasteiger partial charge in [0.25, 0.3) is 5.69 Å². The van der Waals surface area contributed by atoms with Crippen LogP contribution < -0.4 is 0 Å². The van der Waals surface area contributed by atoms with E-state index in [2.05, 4.69) is 0 Å². The van der Waals surface area contributed by atoms with Gasteiger partial charge in [-0.1, -0.05) is 18.2 Å².